The van der Waals surface area contributed by atoms with Gasteiger partial charge in [0.2, 0.25) is 0 Å². The Hall–Kier alpha value is 0.422. The number of para-hydroxylation sites is 1. The van der Waals surface area contributed by atoms with E-state index in [1.807, 2.05) is 30.3 Å². The molecule has 46 valence electrons. The van der Waals surface area contributed by atoms with Crippen molar-refractivity contribution >= 4 is 34.3 Å². The van der Waals surface area contributed by atoms with Crippen LogP contribution in [0.4, 0.5) is 0 Å². The molecule has 0 unspecified atom stereocenters. The minimum atomic E-state index is -0.882. The Labute approximate surface area is 72.6 Å². The van der Waals surface area contributed by atoms with Gasteiger partial charge in [-0.2, -0.15) is 0 Å². The van der Waals surface area contributed by atoms with Crippen molar-refractivity contribution < 1.29 is 2.69 Å². The van der Waals surface area contributed by atoms with E-state index in [0.717, 1.165) is 5.75 Å². The molecule has 9 heavy (non-hydrogen) atoms. The standard InChI is InChI=1S/C6H6O.BrH.Pb/c7-6-4-2-1-3-5-6;;/h1-5,7H;1H;/q;;+2/p-2. The maximum atomic E-state index is 5.32. The Morgan fingerprint density at radius 2 is 1.89 bits per heavy atom. The molecule has 0 bridgehead atoms. The van der Waals surface area contributed by atoms with Crippen LogP contribution in [0.1, 0.15) is 0 Å². The Bertz CT molecular complexity index is 166. The summed E-state index contributed by atoms with van der Waals surface area (Å²) < 4.78 is 5.32. The summed E-state index contributed by atoms with van der Waals surface area (Å²) in [7, 11) is 0. The molecule has 1 rings (SSSR count). The van der Waals surface area contributed by atoms with Crippen molar-refractivity contribution in [3.8, 4) is 5.75 Å². The summed E-state index contributed by atoms with van der Waals surface area (Å²) in [6.07, 6.45) is 0. The predicted molar refractivity (Wildman–Crippen MR) is 41.8 cm³/mol. The molecule has 2 radical (unpaired) electrons. The van der Waals surface area contributed by atoms with Gasteiger partial charge in [0.15, 0.2) is 0 Å². The van der Waals surface area contributed by atoms with Crippen LogP contribution in [0, 0.1) is 0 Å². The fourth-order valence-corrected chi connectivity index (χ4v) is 3.05. The first kappa shape index (κ1) is 7.53. The van der Waals surface area contributed by atoms with Crippen LogP contribution in [0.15, 0.2) is 30.3 Å². The second kappa shape index (κ2) is 4.27. The van der Waals surface area contributed by atoms with Gasteiger partial charge in [-0.1, -0.05) is 0 Å². The summed E-state index contributed by atoms with van der Waals surface area (Å²) in [5.74, 6) is 0.984. The van der Waals surface area contributed by atoms with Gasteiger partial charge >= 0.3 is 73.0 Å². The molecule has 0 N–H and O–H groups in total. The third kappa shape index (κ3) is 2.66. The van der Waals surface area contributed by atoms with Crippen molar-refractivity contribution in [2.75, 3.05) is 0 Å². The average molecular weight is 380 g/mol. The van der Waals surface area contributed by atoms with Gasteiger partial charge in [0.1, 0.15) is 0 Å². The Morgan fingerprint density at radius 3 is 2.44 bits per heavy atom. The van der Waals surface area contributed by atoms with Crippen LogP contribution in [-0.4, -0.2) is 22.3 Å². The van der Waals surface area contributed by atoms with Crippen molar-refractivity contribution in [2.24, 2.45) is 0 Å². The van der Waals surface area contributed by atoms with Crippen LogP contribution in [0.2, 0.25) is 0 Å². The van der Waals surface area contributed by atoms with Crippen LogP contribution in [0.5, 0.6) is 5.75 Å². The number of halogens is 1. The maximum absolute atomic E-state index is 5.32. The molecule has 0 aliphatic rings. The van der Waals surface area contributed by atoms with Gasteiger partial charge in [0.05, 0.1) is 0 Å². The third-order valence-electron chi connectivity index (χ3n) is 0.900. The number of benzene rings is 1. The summed E-state index contributed by atoms with van der Waals surface area (Å²) in [5.41, 5.74) is 0. The van der Waals surface area contributed by atoms with Crippen molar-refractivity contribution in [1.29, 1.82) is 0 Å². The van der Waals surface area contributed by atoms with Gasteiger partial charge in [0.25, 0.3) is 0 Å². The number of hydrogen-bond donors (Lipinski definition) is 0. The van der Waals surface area contributed by atoms with Crippen LogP contribution < -0.4 is 2.69 Å². The summed E-state index contributed by atoms with van der Waals surface area (Å²) in [6.45, 7) is 0. The fraction of sp³-hybridized carbons (Fsp3) is 0. The number of hydrogen-bond acceptors (Lipinski definition) is 1. The summed E-state index contributed by atoms with van der Waals surface area (Å²) in [4.78, 5) is 0. The molecule has 0 aliphatic heterocycles. The zero-order chi connectivity index (χ0) is 6.53. The first-order valence-electron chi connectivity index (χ1n) is 2.51. The SMILES string of the molecule is [Br][Pb][O]c1ccccc1. The van der Waals surface area contributed by atoms with Crippen molar-refractivity contribution in [3.63, 3.8) is 0 Å². The van der Waals surface area contributed by atoms with E-state index in [1.54, 1.807) is 0 Å². The second-order valence-corrected chi connectivity index (χ2v) is 5.73. The molecule has 0 fully saturated rings. The van der Waals surface area contributed by atoms with Gasteiger partial charge < -0.3 is 0 Å². The number of rotatable bonds is 2. The van der Waals surface area contributed by atoms with Crippen LogP contribution in [0.25, 0.3) is 0 Å². The minimum absolute atomic E-state index is 0.882. The molecule has 0 atom stereocenters. The van der Waals surface area contributed by atoms with Gasteiger partial charge in [-0.15, -0.1) is 0 Å². The molecule has 1 aromatic carbocycles. The van der Waals surface area contributed by atoms with E-state index < -0.39 is 22.3 Å². The van der Waals surface area contributed by atoms with Crippen molar-refractivity contribution in [3.05, 3.63) is 30.3 Å². The van der Waals surface area contributed by atoms with Crippen LogP contribution in [0.3, 0.4) is 0 Å². The molecule has 0 saturated carbocycles. The second-order valence-electron chi connectivity index (χ2n) is 1.49. The molecule has 0 aliphatic carbocycles. The molecular weight excluding hydrogens is 375 g/mol. The molecule has 1 aromatic rings. The Morgan fingerprint density at radius 1 is 1.22 bits per heavy atom. The zero-order valence-electron chi connectivity index (χ0n) is 4.67. The molecular formula is C6H5BrOPb. The molecule has 0 saturated heterocycles. The molecule has 0 heterocycles. The van der Waals surface area contributed by atoms with E-state index in [2.05, 4.69) is 12.0 Å². The normalized spacial score (nSPS) is 9.00. The van der Waals surface area contributed by atoms with E-state index in [4.69, 9.17) is 2.69 Å². The molecule has 0 aromatic heterocycles. The molecule has 3 heteroatoms. The van der Waals surface area contributed by atoms with E-state index in [-0.39, 0.29) is 0 Å². The van der Waals surface area contributed by atoms with Gasteiger partial charge in [-0.3, -0.25) is 0 Å². The quantitative estimate of drug-likeness (QED) is 0.714. The molecule has 1 nitrogen and oxygen atoms in total. The van der Waals surface area contributed by atoms with Crippen molar-refractivity contribution in [2.45, 2.75) is 0 Å². The van der Waals surface area contributed by atoms with Gasteiger partial charge in [-0.05, 0) is 0 Å². The average Bonchev–Trinajstić information content (AvgIpc) is 1.91. The first-order valence-corrected chi connectivity index (χ1v) is 12.5. The zero-order valence-corrected chi connectivity index (χ0v) is 10.1. The van der Waals surface area contributed by atoms with Crippen LogP contribution in [-0.2, 0) is 0 Å². The monoisotopic (exact) mass is 380 g/mol. The summed E-state index contributed by atoms with van der Waals surface area (Å²) in [6, 6.07) is 9.86. The Balaban J connectivity index is 2.61. The topological polar surface area (TPSA) is 9.23 Å². The van der Waals surface area contributed by atoms with Gasteiger partial charge in [-0.25, -0.2) is 0 Å². The van der Waals surface area contributed by atoms with E-state index in [9.17, 15) is 0 Å². The van der Waals surface area contributed by atoms with E-state index >= 15 is 0 Å². The van der Waals surface area contributed by atoms with E-state index in [0.29, 0.717) is 0 Å². The summed E-state index contributed by atoms with van der Waals surface area (Å²) >= 11 is 2.48. The predicted octanol–water partition coefficient (Wildman–Crippen LogP) is 1.99. The summed E-state index contributed by atoms with van der Waals surface area (Å²) in [5, 5.41) is 0. The van der Waals surface area contributed by atoms with Crippen LogP contribution >= 0.6 is 12.0 Å². The van der Waals surface area contributed by atoms with E-state index in [1.165, 1.54) is 0 Å². The fourth-order valence-electron chi connectivity index (χ4n) is 0.533. The molecule has 0 amide bonds. The Kier molecular flexibility index (Phi) is 3.57. The van der Waals surface area contributed by atoms with Crippen molar-refractivity contribution in [1.82, 2.24) is 0 Å². The van der Waals surface area contributed by atoms with Gasteiger partial charge in [0, 0.05) is 0 Å². The third-order valence-corrected chi connectivity index (χ3v) is 3.54. The molecule has 0 spiro atoms. The first-order chi connectivity index (χ1) is 4.43.